The first-order chi connectivity index (χ1) is 8.40. The molecule has 1 aliphatic rings. The molecule has 0 aromatic carbocycles. The fourth-order valence-electron chi connectivity index (χ4n) is 1.97. The van der Waals surface area contributed by atoms with Crippen molar-refractivity contribution in [1.82, 2.24) is 10.2 Å². The van der Waals surface area contributed by atoms with Crippen molar-refractivity contribution in [2.75, 3.05) is 19.6 Å². The van der Waals surface area contributed by atoms with Crippen molar-refractivity contribution < 1.29 is 9.59 Å². The molecular formula is C13H25N3O2. The molecule has 0 bridgehead atoms. The van der Waals surface area contributed by atoms with Gasteiger partial charge in [0.1, 0.15) is 0 Å². The first kappa shape index (κ1) is 15.0. The zero-order valence-corrected chi connectivity index (χ0v) is 11.6. The fraction of sp³-hybridized carbons (Fsp3) is 0.846. The van der Waals surface area contributed by atoms with E-state index in [-0.39, 0.29) is 30.3 Å². The highest BCUT2D eigenvalue weighted by molar-refractivity contribution is 5.85. The highest BCUT2D eigenvalue weighted by Gasteiger charge is 2.29. The number of nitrogens with one attached hydrogen (secondary N) is 1. The molecule has 2 amide bonds. The minimum absolute atomic E-state index is 0.0221. The van der Waals surface area contributed by atoms with Crippen molar-refractivity contribution in [2.45, 2.75) is 39.7 Å². The number of amides is 2. The van der Waals surface area contributed by atoms with Gasteiger partial charge in [0.25, 0.3) is 0 Å². The second-order valence-corrected chi connectivity index (χ2v) is 5.65. The number of hydrogen-bond donors (Lipinski definition) is 2. The van der Waals surface area contributed by atoms with E-state index >= 15 is 0 Å². The number of likely N-dealkylation sites (tertiary alicyclic amines) is 1. The van der Waals surface area contributed by atoms with E-state index in [1.54, 1.807) is 4.90 Å². The van der Waals surface area contributed by atoms with Crippen LogP contribution in [-0.2, 0) is 9.59 Å². The smallest absolute Gasteiger partial charge is 0.239 e. The lowest BCUT2D eigenvalue weighted by molar-refractivity contribution is -0.139. The van der Waals surface area contributed by atoms with Crippen molar-refractivity contribution in [3.8, 4) is 0 Å². The molecule has 0 radical (unpaired) electrons. The number of carbonyl (C=O) groups is 2. The Morgan fingerprint density at radius 1 is 1.56 bits per heavy atom. The number of hydrogen-bond acceptors (Lipinski definition) is 3. The number of rotatable bonds is 5. The van der Waals surface area contributed by atoms with Gasteiger partial charge in [0.2, 0.25) is 11.8 Å². The topological polar surface area (TPSA) is 75.4 Å². The molecule has 104 valence electrons. The Hall–Kier alpha value is -1.10. The summed E-state index contributed by atoms with van der Waals surface area (Å²) in [5.41, 5.74) is 5.92. The number of nitrogens with zero attached hydrogens (tertiary/aromatic N) is 1. The zero-order chi connectivity index (χ0) is 13.7. The van der Waals surface area contributed by atoms with Gasteiger partial charge in [-0.25, -0.2) is 0 Å². The van der Waals surface area contributed by atoms with Crippen LogP contribution in [-0.4, -0.2) is 42.4 Å². The molecule has 5 nitrogen and oxygen atoms in total. The Morgan fingerprint density at radius 2 is 2.22 bits per heavy atom. The Morgan fingerprint density at radius 3 is 2.83 bits per heavy atom. The van der Waals surface area contributed by atoms with Gasteiger partial charge in [0, 0.05) is 25.6 Å². The van der Waals surface area contributed by atoms with E-state index in [2.05, 4.69) is 19.2 Å². The molecule has 0 aromatic heterocycles. The summed E-state index contributed by atoms with van der Waals surface area (Å²) in [5, 5.41) is 2.83. The summed E-state index contributed by atoms with van der Waals surface area (Å²) < 4.78 is 0. The lowest BCUT2D eigenvalue weighted by Crippen LogP contribution is -2.53. The average molecular weight is 255 g/mol. The van der Waals surface area contributed by atoms with Gasteiger partial charge in [0.15, 0.2) is 0 Å². The summed E-state index contributed by atoms with van der Waals surface area (Å²) in [6, 6.07) is -0.0221. The highest BCUT2D eigenvalue weighted by Crippen LogP contribution is 2.16. The Balaban J connectivity index is 2.33. The van der Waals surface area contributed by atoms with Crippen LogP contribution < -0.4 is 11.1 Å². The van der Waals surface area contributed by atoms with Gasteiger partial charge in [-0.05, 0) is 18.3 Å². The van der Waals surface area contributed by atoms with Crippen molar-refractivity contribution in [3.63, 3.8) is 0 Å². The van der Waals surface area contributed by atoms with E-state index in [4.69, 9.17) is 5.73 Å². The third kappa shape index (κ3) is 4.64. The standard InChI is InChI=1S/C13H25N3O2/c1-9(2)4-5-15-12(17)8-16-7-11(14)10(3)6-13(16)18/h9-11H,4-8,14H2,1-3H3,(H,15,17). The molecule has 1 saturated heterocycles. The molecule has 1 aliphatic heterocycles. The van der Waals surface area contributed by atoms with Gasteiger partial charge in [-0.3, -0.25) is 9.59 Å². The maximum Gasteiger partial charge on any atom is 0.239 e. The Labute approximate surface area is 109 Å². The van der Waals surface area contributed by atoms with Crippen LogP contribution in [0, 0.1) is 11.8 Å². The van der Waals surface area contributed by atoms with Gasteiger partial charge < -0.3 is 16.0 Å². The molecule has 0 aromatic rings. The SMILES string of the molecule is CC(C)CCNC(=O)CN1CC(N)C(C)CC1=O. The lowest BCUT2D eigenvalue weighted by Gasteiger charge is -2.34. The molecule has 2 atom stereocenters. The fourth-order valence-corrected chi connectivity index (χ4v) is 1.97. The van der Waals surface area contributed by atoms with Gasteiger partial charge in [0.05, 0.1) is 6.54 Å². The lowest BCUT2D eigenvalue weighted by atomic mass is 9.94. The van der Waals surface area contributed by atoms with E-state index < -0.39 is 0 Å². The quantitative estimate of drug-likeness (QED) is 0.744. The molecule has 5 heteroatoms. The first-order valence-corrected chi connectivity index (χ1v) is 6.70. The monoisotopic (exact) mass is 255 g/mol. The van der Waals surface area contributed by atoms with Crippen LogP contribution >= 0.6 is 0 Å². The average Bonchev–Trinajstić information content (AvgIpc) is 2.25. The Bertz CT molecular complexity index is 305. The van der Waals surface area contributed by atoms with Crippen LogP contribution in [0.3, 0.4) is 0 Å². The minimum atomic E-state index is -0.0919. The second-order valence-electron chi connectivity index (χ2n) is 5.65. The maximum absolute atomic E-state index is 11.8. The van der Waals surface area contributed by atoms with Crippen LogP contribution in [0.4, 0.5) is 0 Å². The van der Waals surface area contributed by atoms with Crippen molar-refractivity contribution >= 4 is 11.8 Å². The largest absolute Gasteiger partial charge is 0.355 e. The molecule has 1 heterocycles. The van der Waals surface area contributed by atoms with Gasteiger partial charge in [-0.15, -0.1) is 0 Å². The summed E-state index contributed by atoms with van der Waals surface area (Å²) in [7, 11) is 0. The number of piperidine rings is 1. The van der Waals surface area contributed by atoms with Gasteiger partial charge >= 0.3 is 0 Å². The molecule has 18 heavy (non-hydrogen) atoms. The number of nitrogens with two attached hydrogens (primary N) is 1. The van der Waals surface area contributed by atoms with Gasteiger partial charge in [-0.2, -0.15) is 0 Å². The van der Waals surface area contributed by atoms with Gasteiger partial charge in [-0.1, -0.05) is 20.8 Å². The minimum Gasteiger partial charge on any atom is -0.355 e. The van der Waals surface area contributed by atoms with E-state index in [0.29, 0.717) is 25.4 Å². The summed E-state index contributed by atoms with van der Waals surface area (Å²) in [5.74, 6) is 0.711. The molecule has 1 fully saturated rings. The Kier molecular flexibility index (Phi) is 5.59. The van der Waals surface area contributed by atoms with Crippen LogP contribution in [0.15, 0.2) is 0 Å². The molecule has 3 N–H and O–H groups in total. The summed E-state index contributed by atoms with van der Waals surface area (Å²) >= 11 is 0. The maximum atomic E-state index is 11.8. The third-order valence-corrected chi connectivity index (χ3v) is 3.39. The van der Waals surface area contributed by atoms with E-state index in [9.17, 15) is 9.59 Å². The van der Waals surface area contributed by atoms with Crippen molar-refractivity contribution in [2.24, 2.45) is 17.6 Å². The third-order valence-electron chi connectivity index (χ3n) is 3.39. The predicted octanol–water partition coefficient (Wildman–Crippen LogP) is 0.344. The van der Waals surface area contributed by atoms with Crippen LogP contribution in [0.1, 0.15) is 33.6 Å². The van der Waals surface area contributed by atoms with Crippen LogP contribution in [0.2, 0.25) is 0 Å². The van der Waals surface area contributed by atoms with Crippen molar-refractivity contribution in [3.05, 3.63) is 0 Å². The summed E-state index contributed by atoms with van der Waals surface area (Å²) in [4.78, 5) is 25.0. The van der Waals surface area contributed by atoms with Crippen LogP contribution in [0.5, 0.6) is 0 Å². The molecule has 2 unspecified atom stereocenters. The second kappa shape index (κ2) is 6.73. The predicted molar refractivity (Wildman–Crippen MR) is 70.8 cm³/mol. The first-order valence-electron chi connectivity index (χ1n) is 6.70. The normalized spacial score (nSPS) is 24.5. The van der Waals surface area contributed by atoms with Crippen LogP contribution in [0.25, 0.3) is 0 Å². The molecule has 0 saturated carbocycles. The highest BCUT2D eigenvalue weighted by atomic mass is 16.2. The van der Waals surface area contributed by atoms with E-state index in [0.717, 1.165) is 6.42 Å². The molecule has 1 rings (SSSR count). The molecule has 0 spiro atoms. The molecular weight excluding hydrogens is 230 g/mol. The van der Waals surface area contributed by atoms with Crippen molar-refractivity contribution in [1.29, 1.82) is 0 Å². The number of carbonyl (C=O) groups excluding carboxylic acids is 2. The van der Waals surface area contributed by atoms with E-state index in [1.807, 2.05) is 6.92 Å². The zero-order valence-electron chi connectivity index (χ0n) is 11.6. The van der Waals surface area contributed by atoms with E-state index in [1.165, 1.54) is 0 Å². The summed E-state index contributed by atoms with van der Waals surface area (Å²) in [6.45, 7) is 7.49. The summed E-state index contributed by atoms with van der Waals surface area (Å²) in [6.07, 6.45) is 1.40. The molecule has 0 aliphatic carbocycles.